The summed E-state index contributed by atoms with van der Waals surface area (Å²) in [5.74, 6) is -0.00234. The summed E-state index contributed by atoms with van der Waals surface area (Å²) >= 11 is 3.45. The summed E-state index contributed by atoms with van der Waals surface area (Å²) in [4.78, 5) is 22.9. The van der Waals surface area contributed by atoms with E-state index >= 15 is 0 Å². The highest BCUT2D eigenvalue weighted by atomic mass is 79.9. The minimum absolute atomic E-state index is 0.0223. The first kappa shape index (κ1) is 19.7. The summed E-state index contributed by atoms with van der Waals surface area (Å²) in [5, 5.41) is 0. The van der Waals surface area contributed by atoms with Crippen LogP contribution in [0.4, 0.5) is 10.3 Å². The van der Waals surface area contributed by atoms with Crippen molar-refractivity contribution in [3.8, 4) is 11.3 Å². The third-order valence-electron chi connectivity index (χ3n) is 5.03. The van der Waals surface area contributed by atoms with Crippen molar-refractivity contribution in [2.45, 2.75) is 12.5 Å². The van der Waals surface area contributed by atoms with E-state index in [4.69, 9.17) is 4.74 Å². The molecule has 1 fully saturated rings. The van der Waals surface area contributed by atoms with Crippen LogP contribution in [-0.2, 0) is 11.8 Å². The number of rotatable bonds is 3. The second kappa shape index (κ2) is 8.42. The van der Waals surface area contributed by atoms with Crippen LogP contribution in [-0.4, -0.2) is 34.2 Å². The number of hydrogen-bond donors (Lipinski definition) is 0. The zero-order valence-corrected chi connectivity index (χ0v) is 17.5. The monoisotopic (exact) mass is 458 g/mol. The average molecular weight is 459 g/mol. The highest BCUT2D eigenvalue weighted by molar-refractivity contribution is 9.10. The maximum Gasteiger partial charge on any atom is 0.255 e. The average Bonchev–Trinajstić information content (AvgIpc) is 2.97. The van der Waals surface area contributed by atoms with Gasteiger partial charge in [0.25, 0.3) is 5.56 Å². The minimum atomic E-state index is -0.506. The van der Waals surface area contributed by atoms with E-state index in [2.05, 4.69) is 25.9 Å². The molecule has 0 bridgehead atoms. The smallest absolute Gasteiger partial charge is 0.255 e. The van der Waals surface area contributed by atoms with Gasteiger partial charge < -0.3 is 9.64 Å². The molecule has 8 heteroatoms. The Morgan fingerprint density at radius 2 is 2.00 bits per heavy atom. The Bertz CT molecular complexity index is 1070. The minimum Gasteiger partial charge on any atom is -0.372 e. The van der Waals surface area contributed by atoms with Crippen molar-refractivity contribution in [1.82, 2.24) is 14.5 Å². The third kappa shape index (κ3) is 4.23. The molecule has 0 aliphatic carbocycles. The van der Waals surface area contributed by atoms with E-state index in [0.29, 0.717) is 31.3 Å². The second-order valence-corrected chi connectivity index (χ2v) is 7.80. The van der Waals surface area contributed by atoms with Gasteiger partial charge in [0, 0.05) is 42.4 Å². The Morgan fingerprint density at radius 1 is 1.21 bits per heavy atom. The first-order valence-electron chi connectivity index (χ1n) is 9.33. The van der Waals surface area contributed by atoms with Gasteiger partial charge in [-0.3, -0.25) is 14.3 Å². The fourth-order valence-corrected chi connectivity index (χ4v) is 3.71. The van der Waals surface area contributed by atoms with Crippen molar-refractivity contribution >= 4 is 21.9 Å². The van der Waals surface area contributed by atoms with Crippen molar-refractivity contribution in [2.24, 2.45) is 7.05 Å². The van der Waals surface area contributed by atoms with Gasteiger partial charge in [0.2, 0.25) is 5.95 Å². The molecule has 0 spiro atoms. The molecule has 150 valence electrons. The third-order valence-corrected chi connectivity index (χ3v) is 5.55. The van der Waals surface area contributed by atoms with Gasteiger partial charge >= 0.3 is 0 Å². The maximum absolute atomic E-state index is 14.2. The summed E-state index contributed by atoms with van der Waals surface area (Å²) in [5.41, 5.74) is 1.44. The number of aromatic nitrogens is 3. The molecule has 1 unspecified atom stereocenters. The first-order valence-corrected chi connectivity index (χ1v) is 10.1. The Morgan fingerprint density at radius 3 is 2.76 bits per heavy atom. The number of hydrogen-bond acceptors (Lipinski definition) is 5. The standard InChI is InChI=1S/C21H20BrFN4O2/c1-26-20(28)12-18(16-6-8-24-13-17(16)23)25-21(26)27-9-7-19(29-11-10-27)14-2-4-15(22)5-3-14/h2-6,8,12-13,19H,7,9-11H2,1H3. The molecule has 1 aliphatic heterocycles. The molecule has 3 heterocycles. The van der Waals surface area contributed by atoms with Crippen LogP contribution < -0.4 is 10.5 Å². The van der Waals surface area contributed by atoms with Crippen molar-refractivity contribution in [1.29, 1.82) is 0 Å². The number of nitrogens with zero attached hydrogens (tertiary/aromatic N) is 4. The molecule has 1 aliphatic rings. The molecule has 4 rings (SSSR count). The van der Waals surface area contributed by atoms with E-state index in [1.807, 2.05) is 29.2 Å². The number of ether oxygens (including phenoxy) is 1. The highest BCUT2D eigenvalue weighted by Gasteiger charge is 2.22. The quantitative estimate of drug-likeness (QED) is 0.598. The van der Waals surface area contributed by atoms with E-state index in [9.17, 15) is 9.18 Å². The fraction of sp³-hybridized carbons (Fsp3) is 0.286. The fourth-order valence-electron chi connectivity index (χ4n) is 3.44. The van der Waals surface area contributed by atoms with Crippen molar-refractivity contribution in [2.75, 3.05) is 24.6 Å². The summed E-state index contributed by atoms with van der Waals surface area (Å²) in [6.07, 6.45) is 3.34. The Balaban J connectivity index is 1.62. The zero-order valence-electron chi connectivity index (χ0n) is 15.9. The Kier molecular flexibility index (Phi) is 5.73. The highest BCUT2D eigenvalue weighted by Crippen LogP contribution is 2.27. The summed E-state index contributed by atoms with van der Waals surface area (Å²) in [6, 6.07) is 11.0. The van der Waals surface area contributed by atoms with Crippen molar-refractivity contribution in [3.63, 3.8) is 0 Å². The van der Waals surface area contributed by atoms with Crippen LogP contribution in [0.25, 0.3) is 11.3 Å². The van der Waals surface area contributed by atoms with Gasteiger partial charge in [0.15, 0.2) is 5.82 Å². The van der Waals surface area contributed by atoms with E-state index in [1.54, 1.807) is 7.05 Å². The molecule has 3 aromatic rings. The zero-order chi connectivity index (χ0) is 20.4. The first-order chi connectivity index (χ1) is 14.0. The molecule has 1 atom stereocenters. The van der Waals surface area contributed by atoms with Crippen LogP contribution in [0.5, 0.6) is 0 Å². The van der Waals surface area contributed by atoms with Gasteiger partial charge in [-0.25, -0.2) is 9.37 Å². The van der Waals surface area contributed by atoms with Gasteiger partial charge in [0.1, 0.15) is 0 Å². The lowest BCUT2D eigenvalue weighted by molar-refractivity contribution is 0.0647. The Labute approximate surface area is 176 Å². The predicted molar refractivity (Wildman–Crippen MR) is 112 cm³/mol. The number of anilines is 1. The topological polar surface area (TPSA) is 60.2 Å². The molecular formula is C21H20BrFN4O2. The Hall–Kier alpha value is -2.58. The van der Waals surface area contributed by atoms with Crippen LogP contribution in [0.2, 0.25) is 0 Å². The van der Waals surface area contributed by atoms with E-state index in [0.717, 1.165) is 22.7 Å². The van der Waals surface area contributed by atoms with Crippen LogP contribution >= 0.6 is 15.9 Å². The van der Waals surface area contributed by atoms with Crippen LogP contribution in [0.1, 0.15) is 18.1 Å². The number of halogens is 2. The molecule has 6 nitrogen and oxygen atoms in total. The van der Waals surface area contributed by atoms with Gasteiger partial charge in [-0.05, 0) is 30.2 Å². The second-order valence-electron chi connectivity index (χ2n) is 6.88. The summed E-state index contributed by atoms with van der Waals surface area (Å²) in [7, 11) is 1.68. The molecule has 0 radical (unpaired) electrons. The molecular weight excluding hydrogens is 439 g/mol. The van der Waals surface area contributed by atoms with Gasteiger partial charge in [-0.2, -0.15) is 0 Å². The van der Waals surface area contributed by atoms with Crippen LogP contribution in [0.15, 0.2) is 58.1 Å². The lowest BCUT2D eigenvalue weighted by atomic mass is 10.1. The normalized spacial score (nSPS) is 17.2. The van der Waals surface area contributed by atoms with Gasteiger partial charge in [0.05, 0.1) is 24.6 Å². The molecule has 0 amide bonds. The van der Waals surface area contributed by atoms with E-state index < -0.39 is 5.82 Å². The SMILES string of the molecule is Cn1c(N2CCOC(c3ccc(Br)cc3)CC2)nc(-c2ccncc2F)cc1=O. The molecule has 2 aromatic heterocycles. The van der Waals surface area contributed by atoms with Gasteiger partial charge in [-0.15, -0.1) is 0 Å². The molecule has 0 saturated carbocycles. The number of pyridine rings is 1. The van der Waals surface area contributed by atoms with Crippen molar-refractivity contribution < 1.29 is 9.13 Å². The summed E-state index contributed by atoms with van der Waals surface area (Å²) < 4.78 is 22.7. The van der Waals surface area contributed by atoms with Gasteiger partial charge in [-0.1, -0.05) is 28.1 Å². The predicted octanol–water partition coefficient (Wildman–Crippen LogP) is 3.71. The van der Waals surface area contributed by atoms with E-state index in [-0.39, 0.29) is 17.2 Å². The molecule has 1 saturated heterocycles. The molecule has 0 N–H and O–H groups in total. The van der Waals surface area contributed by atoms with E-state index in [1.165, 1.54) is 22.9 Å². The lowest BCUT2D eigenvalue weighted by Crippen LogP contribution is -2.33. The van der Waals surface area contributed by atoms with Crippen LogP contribution in [0, 0.1) is 5.82 Å². The lowest BCUT2D eigenvalue weighted by Gasteiger charge is -2.23. The van der Waals surface area contributed by atoms with Crippen molar-refractivity contribution in [3.05, 3.63) is 75.0 Å². The summed E-state index contributed by atoms with van der Waals surface area (Å²) in [6.45, 7) is 1.77. The molecule has 1 aromatic carbocycles. The molecule has 29 heavy (non-hydrogen) atoms. The largest absolute Gasteiger partial charge is 0.372 e. The van der Waals surface area contributed by atoms with Crippen LogP contribution in [0.3, 0.4) is 0 Å². The maximum atomic E-state index is 14.2. The number of benzene rings is 1.